The lowest BCUT2D eigenvalue weighted by atomic mass is 10.1. The first kappa shape index (κ1) is 19.5. The molecule has 116 valence electrons. The van der Waals surface area contributed by atoms with Gasteiger partial charge in [-0.3, -0.25) is 0 Å². The van der Waals surface area contributed by atoms with E-state index in [1.54, 1.807) is 6.08 Å². The Bertz CT molecular complexity index is 404. The second-order valence-electron chi connectivity index (χ2n) is 4.74. The minimum Gasteiger partial charge on any atom is -0.393 e. The van der Waals surface area contributed by atoms with Crippen molar-refractivity contribution in [2.75, 3.05) is 6.61 Å². The molecule has 0 aromatic heterocycles. The maximum atomic E-state index is 9.09. The zero-order valence-electron chi connectivity index (χ0n) is 12.6. The van der Waals surface area contributed by atoms with Crippen molar-refractivity contribution in [3.05, 3.63) is 24.8 Å². The molecule has 0 aliphatic rings. The fourth-order valence-electron chi connectivity index (χ4n) is 1.60. The highest BCUT2D eigenvalue weighted by Gasteiger charge is 1.93. The lowest BCUT2D eigenvalue weighted by Crippen LogP contribution is -2.06. The lowest BCUT2D eigenvalue weighted by Gasteiger charge is -1.99. The molecule has 0 aromatic rings. The Labute approximate surface area is 128 Å². The Morgan fingerprint density at radius 2 is 1.71 bits per heavy atom. The summed E-state index contributed by atoms with van der Waals surface area (Å²) in [6.45, 7) is 3.21. The summed E-state index contributed by atoms with van der Waals surface area (Å²) < 4.78 is 0. The smallest absolute Gasteiger partial charge is 0.134 e. The molecule has 0 rings (SSSR count). The molecule has 0 aliphatic carbocycles. The van der Waals surface area contributed by atoms with Gasteiger partial charge in [0, 0.05) is 6.42 Å². The molecule has 0 aromatic carbocycles. The Hall–Kier alpha value is -1.52. The van der Waals surface area contributed by atoms with E-state index in [1.165, 1.54) is 18.9 Å². The number of aliphatic hydroxyl groups is 3. The number of unbranched alkanes of at least 4 members (excludes halogenated alkanes) is 6. The van der Waals surface area contributed by atoms with Crippen LogP contribution in [-0.2, 0) is 0 Å². The first-order valence-corrected chi connectivity index (χ1v) is 7.45. The van der Waals surface area contributed by atoms with Crippen LogP contribution in [0.4, 0.5) is 0 Å². The largest absolute Gasteiger partial charge is 0.393 e. The first-order valence-electron chi connectivity index (χ1n) is 7.45. The van der Waals surface area contributed by atoms with E-state index in [4.69, 9.17) is 15.3 Å². The van der Waals surface area contributed by atoms with Gasteiger partial charge in [-0.15, -0.1) is 0 Å². The minimum atomic E-state index is -0.785. The average Bonchev–Trinajstić information content (AvgIpc) is 2.51. The highest BCUT2D eigenvalue weighted by molar-refractivity contribution is 5.28. The summed E-state index contributed by atoms with van der Waals surface area (Å²) in [5, 5.41) is 26.8. The SMILES string of the molecule is C=CC(O)C#CC#CCCCCCCC/C=C\C(O)CO. The predicted octanol–water partition coefficient (Wildman–Crippen LogP) is 2.18. The second-order valence-corrected chi connectivity index (χ2v) is 4.74. The highest BCUT2D eigenvalue weighted by atomic mass is 16.3. The van der Waals surface area contributed by atoms with Gasteiger partial charge in [-0.05, 0) is 31.1 Å². The molecule has 0 amide bonds. The monoisotopic (exact) mass is 290 g/mol. The van der Waals surface area contributed by atoms with Gasteiger partial charge in [0.25, 0.3) is 0 Å². The topological polar surface area (TPSA) is 60.7 Å². The van der Waals surface area contributed by atoms with Crippen molar-refractivity contribution in [3.8, 4) is 23.7 Å². The van der Waals surface area contributed by atoms with E-state index < -0.39 is 12.2 Å². The number of allylic oxidation sites excluding steroid dienone is 1. The molecule has 21 heavy (non-hydrogen) atoms. The summed E-state index contributed by atoms with van der Waals surface area (Å²) >= 11 is 0. The Morgan fingerprint density at radius 1 is 1.00 bits per heavy atom. The van der Waals surface area contributed by atoms with Crippen LogP contribution in [0.25, 0.3) is 0 Å². The summed E-state index contributed by atoms with van der Waals surface area (Å²) in [7, 11) is 0. The van der Waals surface area contributed by atoms with Crippen LogP contribution in [0, 0.1) is 23.7 Å². The quantitative estimate of drug-likeness (QED) is 0.328. The van der Waals surface area contributed by atoms with Crippen LogP contribution in [0.2, 0.25) is 0 Å². The van der Waals surface area contributed by atoms with Crippen molar-refractivity contribution in [1.29, 1.82) is 0 Å². The predicted molar refractivity (Wildman–Crippen MR) is 86.3 cm³/mol. The van der Waals surface area contributed by atoms with Gasteiger partial charge in [0.1, 0.15) is 6.10 Å². The molecule has 0 radical (unpaired) electrons. The van der Waals surface area contributed by atoms with Gasteiger partial charge < -0.3 is 15.3 Å². The summed E-state index contributed by atoms with van der Waals surface area (Å²) in [4.78, 5) is 0. The fourth-order valence-corrected chi connectivity index (χ4v) is 1.60. The van der Waals surface area contributed by atoms with Crippen molar-refractivity contribution in [1.82, 2.24) is 0 Å². The number of aliphatic hydroxyl groups excluding tert-OH is 3. The number of rotatable bonds is 10. The molecule has 3 nitrogen and oxygen atoms in total. The Balaban J connectivity index is 3.41. The maximum Gasteiger partial charge on any atom is 0.134 e. The summed E-state index contributed by atoms with van der Waals surface area (Å²) in [5.74, 6) is 10.8. The normalized spacial score (nSPS) is 12.9. The highest BCUT2D eigenvalue weighted by Crippen LogP contribution is 2.07. The van der Waals surface area contributed by atoms with E-state index in [1.807, 2.05) is 6.08 Å². The summed E-state index contributed by atoms with van der Waals surface area (Å²) in [5.41, 5.74) is 0. The van der Waals surface area contributed by atoms with Gasteiger partial charge in [-0.25, -0.2) is 0 Å². The minimum absolute atomic E-state index is 0.214. The van der Waals surface area contributed by atoms with E-state index in [-0.39, 0.29) is 6.61 Å². The van der Waals surface area contributed by atoms with Crippen LogP contribution < -0.4 is 0 Å². The van der Waals surface area contributed by atoms with Gasteiger partial charge in [0.2, 0.25) is 0 Å². The molecule has 3 N–H and O–H groups in total. The Morgan fingerprint density at radius 3 is 2.43 bits per heavy atom. The molecule has 0 heterocycles. The van der Waals surface area contributed by atoms with Gasteiger partial charge in [-0.1, -0.05) is 55.9 Å². The lowest BCUT2D eigenvalue weighted by molar-refractivity contribution is 0.131. The third kappa shape index (κ3) is 14.7. The Kier molecular flexibility index (Phi) is 13.8. The van der Waals surface area contributed by atoms with Crippen LogP contribution >= 0.6 is 0 Å². The first-order chi connectivity index (χ1) is 10.2. The molecule has 0 spiro atoms. The van der Waals surface area contributed by atoms with E-state index in [0.29, 0.717) is 0 Å². The molecular weight excluding hydrogens is 264 g/mol. The molecule has 2 atom stereocenters. The van der Waals surface area contributed by atoms with Gasteiger partial charge in [0.15, 0.2) is 0 Å². The number of hydrogen-bond donors (Lipinski definition) is 3. The third-order valence-corrected chi connectivity index (χ3v) is 2.81. The molecule has 0 saturated carbocycles. The molecular formula is C18H26O3. The molecule has 2 unspecified atom stereocenters. The second kappa shape index (κ2) is 14.9. The fraction of sp³-hybridized carbons (Fsp3) is 0.556. The zero-order valence-corrected chi connectivity index (χ0v) is 12.6. The molecule has 0 saturated heterocycles. The van der Waals surface area contributed by atoms with Crippen LogP contribution in [0.15, 0.2) is 24.8 Å². The third-order valence-electron chi connectivity index (χ3n) is 2.81. The van der Waals surface area contributed by atoms with Crippen LogP contribution in [0.3, 0.4) is 0 Å². The van der Waals surface area contributed by atoms with Crippen molar-refractivity contribution in [2.45, 2.75) is 57.2 Å². The van der Waals surface area contributed by atoms with E-state index >= 15 is 0 Å². The van der Waals surface area contributed by atoms with Gasteiger partial charge >= 0.3 is 0 Å². The van der Waals surface area contributed by atoms with Crippen LogP contribution in [0.1, 0.15) is 44.9 Å². The average molecular weight is 290 g/mol. The van der Waals surface area contributed by atoms with Crippen molar-refractivity contribution in [2.24, 2.45) is 0 Å². The van der Waals surface area contributed by atoms with Crippen LogP contribution in [-0.4, -0.2) is 34.1 Å². The van der Waals surface area contributed by atoms with Crippen molar-refractivity contribution < 1.29 is 15.3 Å². The summed E-state index contributed by atoms with van der Waals surface area (Å²) in [6, 6.07) is 0. The van der Waals surface area contributed by atoms with Crippen LogP contribution in [0.5, 0.6) is 0 Å². The summed E-state index contributed by atoms with van der Waals surface area (Å²) in [6.07, 6.45) is 10.9. The van der Waals surface area contributed by atoms with Gasteiger partial charge in [-0.2, -0.15) is 0 Å². The number of hydrogen-bond acceptors (Lipinski definition) is 3. The molecule has 0 bridgehead atoms. The van der Waals surface area contributed by atoms with Crippen molar-refractivity contribution in [3.63, 3.8) is 0 Å². The molecule has 0 aliphatic heterocycles. The van der Waals surface area contributed by atoms with E-state index in [0.717, 1.165) is 32.1 Å². The van der Waals surface area contributed by atoms with Crippen molar-refractivity contribution >= 4 is 0 Å². The molecule has 3 heteroatoms. The van der Waals surface area contributed by atoms with E-state index in [9.17, 15) is 0 Å². The maximum absolute atomic E-state index is 9.09. The zero-order chi connectivity index (χ0) is 15.8. The van der Waals surface area contributed by atoms with Gasteiger partial charge in [0.05, 0.1) is 12.7 Å². The molecule has 0 fully saturated rings. The standard InChI is InChI=1S/C18H26O3/c1-2-17(20)14-12-10-8-6-4-3-5-7-9-11-13-15-18(21)16-19/h2,13,15,17-21H,1,3-7,9,11,16H2/b15-13-. The van der Waals surface area contributed by atoms with E-state index in [2.05, 4.69) is 30.3 Å².